The largest absolute Gasteiger partial charge is 0.507 e. The van der Waals surface area contributed by atoms with Gasteiger partial charge in [0.15, 0.2) is 0 Å². The minimum absolute atomic E-state index is 0.0300. The molecule has 0 radical (unpaired) electrons. The summed E-state index contributed by atoms with van der Waals surface area (Å²) in [5.74, 6) is -0.0278. The van der Waals surface area contributed by atoms with E-state index in [4.69, 9.17) is 4.74 Å². The van der Waals surface area contributed by atoms with Gasteiger partial charge in [-0.3, -0.25) is 0 Å². The number of rotatable bonds is 5. The summed E-state index contributed by atoms with van der Waals surface area (Å²) in [5.41, 5.74) is 0.937. The highest BCUT2D eigenvalue weighted by Gasteiger charge is 2.24. The summed E-state index contributed by atoms with van der Waals surface area (Å²) in [6.45, 7) is 0.258. The summed E-state index contributed by atoms with van der Waals surface area (Å²) in [6.07, 6.45) is 0. The quantitative estimate of drug-likeness (QED) is 0.767. The van der Waals surface area contributed by atoms with E-state index in [9.17, 15) is 13.5 Å². The number of aromatic hydroxyl groups is 1. The molecule has 0 fully saturated rings. The molecule has 0 atom stereocenters. The number of hydrogen-bond acceptors (Lipinski definition) is 4. The van der Waals surface area contributed by atoms with E-state index in [0.717, 1.165) is 5.56 Å². The summed E-state index contributed by atoms with van der Waals surface area (Å²) < 4.78 is 31.4. The summed E-state index contributed by atoms with van der Waals surface area (Å²) in [5, 5.41) is 9.89. The van der Waals surface area contributed by atoms with E-state index in [1.807, 2.05) is 30.3 Å². The number of sulfone groups is 1. The van der Waals surface area contributed by atoms with Crippen molar-refractivity contribution in [2.45, 2.75) is 16.4 Å². The van der Waals surface area contributed by atoms with Crippen LogP contribution >= 0.6 is 0 Å². The van der Waals surface area contributed by atoms with Gasteiger partial charge in [0.2, 0.25) is 9.84 Å². The number of phenols is 1. The highest BCUT2D eigenvalue weighted by atomic mass is 32.2. The molecule has 3 rings (SSSR count). The van der Waals surface area contributed by atoms with Crippen molar-refractivity contribution >= 4 is 9.84 Å². The van der Waals surface area contributed by atoms with Crippen LogP contribution in [0.2, 0.25) is 0 Å². The van der Waals surface area contributed by atoms with Gasteiger partial charge in [-0.15, -0.1) is 0 Å². The maximum absolute atomic E-state index is 12.8. The molecule has 1 N–H and O–H groups in total. The standard InChI is InChI=1S/C19H16O4S/c20-16-10-4-6-12-18(16)24(21,22)19-13-7-5-11-17(19)23-14-15-8-2-1-3-9-15/h1-13,20H,14H2. The first-order valence-corrected chi connectivity index (χ1v) is 8.86. The van der Waals surface area contributed by atoms with E-state index in [2.05, 4.69) is 0 Å². The normalized spacial score (nSPS) is 11.2. The zero-order chi connectivity index (χ0) is 17.0. The van der Waals surface area contributed by atoms with Crippen LogP contribution in [-0.2, 0) is 16.4 Å². The molecule has 5 heteroatoms. The van der Waals surface area contributed by atoms with Crippen LogP contribution in [0.15, 0.2) is 88.7 Å². The Kier molecular flexibility index (Phi) is 4.53. The maximum atomic E-state index is 12.8. The smallest absolute Gasteiger partial charge is 0.213 e. The first-order chi connectivity index (χ1) is 11.6. The van der Waals surface area contributed by atoms with Crippen molar-refractivity contribution in [3.8, 4) is 11.5 Å². The van der Waals surface area contributed by atoms with Crippen LogP contribution < -0.4 is 4.74 Å². The average Bonchev–Trinajstić information content (AvgIpc) is 2.61. The fraction of sp³-hybridized carbons (Fsp3) is 0.0526. The minimum atomic E-state index is -3.88. The molecule has 0 saturated carbocycles. The fourth-order valence-corrected chi connectivity index (χ4v) is 3.82. The predicted octanol–water partition coefficient (Wildman–Crippen LogP) is 3.80. The number of hydrogen-bond donors (Lipinski definition) is 1. The van der Waals surface area contributed by atoms with Crippen LogP contribution in [0.25, 0.3) is 0 Å². The maximum Gasteiger partial charge on any atom is 0.213 e. The lowest BCUT2D eigenvalue weighted by Gasteiger charge is -2.13. The molecule has 0 heterocycles. The predicted molar refractivity (Wildman–Crippen MR) is 90.8 cm³/mol. The Hall–Kier alpha value is -2.79. The van der Waals surface area contributed by atoms with Gasteiger partial charge >= 0.3 is 0 Å². The molecule has 3 aromatic rings. The molecule has 0 aromatic heterocycles. The molecule has 0 saturated heterocycles. The van der Waals surface area contributed by atoms with E-state index in [-0.39, 0.29) is 27.9 Å². The van der Waals surface area contributed by atoms with E-state index >= 15 is 0 Å². The Morgan fingerprint density at radius 1 is 0.750 bits per heavy atom. The molecule has 0 aliphatic rings. The Labute approximate surface area is 140 Å². The molecule has 122 valence electrons. The summed E-state index contributed by atoms with van der Waals surface area (Å²) >= 11 is 0. The van der Waals surface area contributed by atoms with E-state index in [1.165, 1.54) is 18.2 Å². The van der Waals surface area contributed by atoms with Crippen molar-refractivity contribution in [3.05, 3.63) is 84.4 Å². The lowest BCUT2D eigenvalue weighted by Crippen LogP contribution is -2.06. The molecule has 24 heavy (non-hydrogen) atoms. The van der Waals surface area contributed by atoms with Crippen LogP contribution in [0.5, 0.6) is 11.5 Å². The van der Waals surface area contributed by atoms with Crippen molar-refractivity contribution in [2.75, 3.05) is 0 Å². The molecule has 0 aliphatic heterocycles. The van der Waals surface area contributed by atoms with Crippen LogP contribution in [0, 0.1) is 0 Å². The summed E-state index contributed by atoms with van der Waals surface area (Å²) in [4.78, 5) is -0.108. The number of ether oxygens (including phenoxy) is 1. The fourth-order valence-electron chi connectivity index (χ4n) is 2.33. The van der Waals surface area contributed by atoms with Gasteiger partial charge in [-0.05, 0) is 29.8 Å². The van der Waals surface area contributed by atoms with Crippen molar-refractivity contribution in [2.24, 2.45) is 0 Å². The second-order valence-electron chi connectivity index (χ2n) is 5.19. The van der Waals surface area contributed by atoms with Gasteiger partial charge in [0, 0.05) is 0 Å². The molecule has 0 bridgehead atoms. The second kappa shape index (κ2) is 6.76. The molecule has 0 unspecified atom stereocenters. The van der Waals surface area contributed by atoms with Crippen molar-refractivity contribution in [1.82, 2.24) is 0 Å². The average molecular weight is 340 g/mol. The van der Waals surface area contributed by atoms with E-state index in [1.54, 1.807) is 30.3 Å². The van der Waals surface area contributed by atoms with Gasteiger partial charge in [-0.25, -0.2) is 8.42 Å². The van der Waals surface area contributed by atoms with E-state index in [0.29, 0.717) is 0 Å². The first kappa shape index (κ1) is 16.1. The Bertz CT molecular complexity index is 934. The number of para-hydroxylation sites is 2. The Balaban J connectivity index is 1.96. The van der Waals surface area contributed by atoms with Gasteiger partial charge < -0.3 is 9.84 Å². The SMILES string of the molecule is O=S(=O)(c1ccccc1O)c1ccccc1OCc1ccccc1. The minimum Gasteiger partial charge on any atom is -0.507 e. The summed E-state index contributed by atoms with van der Waals surface area (Å²) in [6, 6.07) is 21.8. The third-order valence-corrected chi connectivity index (χ3v) is 5.37. The zero-order valence-corrected chi connectivity index (χ0v) is 13.6. The van der Waals surface area contributed by atoms with Crippen LogP contribution in [-0.4, -0.2) is 13.5 Å². The summed E-state index contributed by atoms with van der Waals surface area (Å²) in [7, 11) is -3.88. The Morgan fingerprint density at radius 3 is 2.04 bits per heavy atom. The number of phenolic OH excluding ortho intramolecular Hbond substituents is 1. The molecule has 3 aromatic carbocycles. The topological polar surface area (TPSA) is 63.6 Å². The Morgan fingerprint density at radius 2 is 1.33 bits per heavy atom. The molecule has 0 aliphatic carbocycles. The van der Waals surface area contributed by atoms with E-state index < -0.39 is 9.84 Å². The monoisotopic (exact) mass is 340 g/mol. The van der Waals surface area contributed by atoms with Crippen LogP contribution in [0.4, 0.5) is 0 Å². The molecular formula is C19H16O4S. The van der Waals surface area contributed by atoms with Crippen LogP contribution in [0.1, 0.15) is 5.56 Å². The second-order valence-corrected chi connectivity index (χ2v) is 7.08. The van der Waals surface area contributed by atoms with Crippen molar-refractivity contribution < 1.29 is 18.3 Å². The molecule has 0 spiro atoms. The third kappa shape index (κ3) is 3.26. The van der Waals surface area contributed by atoms with Gasteiger partial charge in [-0.2, -0.15) is 0 Å². The lowest BCUT2D eigenvalue weighted by atomic mass is 10.2. The third-order valence-electron chi connectivity index (χ3n) is 3.53. The van der Waals surface area contributed by atoms with Crippen molar-refractivity contribution in [3.63, 3.8) is 0 Å². The van der Waals surface area contributed by atoms with Gasteiger partial charge in [0.25, 0.3) is 0 Å². The first-order valence-electron chi connectivity index (χ1n) is 7.38. The van der Waals surface area contributed by atoms with Gasteiger partial charge in [0.1, 0.15) is 27.9 Å². The highest BCUT2D eigenvalue weighted by molar-refractivity contribution is 7.91. The highest BCUT2D eigenvalue weighted by Crippen LogP contribution is 2.33. The number of benzene rings is 3. The van der Waals surface area contributed by atoms with Gasteiger partial charge in [-0.1, -0.05) is 54.6 Å². The van der Waals surface area contributed by atoms with Gasteiger partial charge in [0.05, 0.1) is 0 Å². The molecule has 4 nitrogen and oxygen atoms in total. The lowest BCUT2D eigenvalue weighted by molar-refractivity contribution is 0.298. The van der Waals surface area contributed by atoms with Crippen LogP contribution in [0.3, 0.4) is 0 Å². The molecule has 0 amide bonds. The van der Waals surface area contributed by atoms with Crippen molar-refractivity contribution in [1.29, 1.82) is 0 Å². The zero-order valence-electron chi connectivity index (χ0n) is 12.8. The molecular weight excluding hydrogens is 324 g/mol.